The van der Waals surface area contributed by atoms with Gasteiger partial charge in [0.2, 0.25) is 0 Å². The van der Waals surface area contributed by atoms with E-state index in [4.69, 9.17) is 5.73 Å². The van der Waals surface area contributed by atoms with Crippen molar-refractivity contribution in [2.75, 3.05) is 19.6 Å². The summed E-state index contributed by atoms with van der Waals surface area (Å²) < 4.78 is 0. The van der Waals surface area contributed by atoms with E-state index < -0.39 is 0 Å². The van der Waals surface area contributed by atoms with Gasteiger partial charge >= 0.3 is 0 Å². The number of carbonyl (C=O) groups is 1. The largest absolute Gasteiger partial charge is 0.391 e. The molecule has 4 nitrogen and oxygen atoms in total. The Morgan fingerprint density at radius 1 is 1.39 bits per heavy atom. The van der Waals surface area contributed by atoms with Gasteiger partial charge in [-0.3, -0.25) is 4.79 Å². The number of benzene rings is 1. The summed E-state index contributed by atoms with van der Waals surface area (Å²) in [6, 6.07) is 7.57. The van der Waals surface area contributed by atoms with Gasteiger partial charge in [0.05, 0.1) is 6.10 Å². The Balaban J connectivity index is 2.03. The molecule has 1 saturated heterocycles. The van der Waals surface area contributed by atoms with Gasteiger partial charge < -0.3 is 15.7 Å². The fourth-order valence-electron chi connectivity index (χ4n) is 2.30. The van der Waals surface area contributed by atoms with Gasteiger partial charge in [-0.1, -0.05) is 12.1 Å². The number of β-amino-alcohol motifs (C(OH)–C–C–N with tert-alkyl or cyclic N) is 1. The second-order valence-corrected chi connectivity index (χ2v) is 4.78. The molecule has 1 atom stereocenters. The summed E-state index contributed by atoms with van der Waals surface area (Å²) in [5.74, 6) is 0.00745. The van der Waals surface area contributed by atoms with Crippen LogP contribution in [0.1, 0.15) is 28.8 Å². The fraction of sp³-hybridized carbons (Fsp3) is 0.500. The van der Waals surface area contributed by atoms with E-state index in [0.717, 1.165) is 31.4 Å². The molecule has 0 spiro atoms. The minimum absolute atomic E-state index is 0.00745. The van der Waals surface area contributed by atoms with E-state index in [1.807, 2.05) is 24.3 Å². The number of hydrogen-bond acceptors (Lipinski definition) is 3. The predicted octanol–water partition coefficient (Wildman–Crippen LogP) is 0.785. The molecule has 1 aromatic rings. The van der Waals surface area contributed by atoms with Crippen molar-refractivity contribution in [2.45, 2.75) is 25.4 Å². The molecular weight excluding hydrogens is 228 g/mol. The molecule has 0 unspecified atom stereocenters. The predicted molar refractivity (Wildman–Crippen MR) is 70.3 cm³/mol. The van der Waals surface area contributed by atoms with Crippen molar-refractivity contribution in [3.05, 3.63) is 35.4 Å². The average molecular weight is 248 g/mol. The van der Waals surface area contributed by atoms with Crippen LogP contribution >= 0.6 is 0 Å². The zero-order valence-electron chi connectivity index (χ0n) is 10.5. The van der Waals surface area contributed by atoms with Crippen LogP contribution in [0.4, 0.5) is 0 Å². The second-order valence-electron chi connectivity index (χ2n) is 4.78. The van der Waals surface area contributed by atoms with Gasteiger partial charge in [0, 0.05) is 18.7 Å². The molecule has 4 heteroatoms. The first kappa shape index (κ1) is 13.1. The van der Waals surface area contributed by atoms with Crippen LogP contribution in [0.2, 0.25) is 0 Å². The van der Waals surface area contributed by atoms with E-state index in [9.17, 15) is 9.90 Å². The maximum atomic E-state index is 12.2. The van der Waals surface area contributed by atoms with Crippen molar-refractivity contribution >= 4 is 5.91 Å². The van der Waals surface area contributed by atoms with Crippen molar-refractivity contribution in [2.24, 2.45) is 5.73 Å². The van der Waals surface area contributed by atoms with Crippen molar-refractivity contribution in [3.8, 4) is 0 Å². The lowest BCUT2D eigenvalue weighted by Gasteiger charge is -2.30. The summed E-state index contributed by atoms with van der Waals surface area (Å²) >= 11 is 0. The molecule has 1 aromatic carbocycles. The molecule has 0 aromatic heterocycles. The maximum Gasteiger partial charge on any atom is 0.253 e. The third-order valence-electron chi connectivity index (χ3n) is 3.32. The van der Waals surface area contributed by atoms with Crippen molar-refractivity contribution in [3.63, 3.8) is 0 Å². The van der Waals surface area contributed by atoms with Crippen LogP contribution in [0.15, 0.2) is 24.3 Å². The summed E-state index contributed by atoms with van der Waals surface area (Å²) in [7, 11) is 0. The van der Waals surface area contributed by atoms with E-state index in [2.05, 4.69) is 0 Å². The van der Waals surface area contributed by atoms with Crippen molar-refractivity contribution < 1.29 is 9.90 Å². The molecule has 1 amide bonds. The first-order valence-electron chi connectivity index (χ1n) is 6.47. The van der Waals surface area contributed by atoms with Crippen LogP contribution in [0.3, 0.4) is 0 Å². The van der Waals surface area contributed by atoms with Crippen LogP contribution in [0.5, 0.6) is 0 Å². The highest BCUT2D eigenvalue weighted by Crippen LogP contribution is 2.14. The molecule has 0 radical (unpaired) electrons. The second kappa shape index (κ2) is 5.98. The van der Waals surface area contributed by atoms with E-state index in [1.54, 1.807) is 4.90 Å². The van der Waals surface area contributed by atoms with Gasteiger partial charge in [-0.25, -0.2) is 0 Å². The molecular formula is C14H20N2O2. The lowest BCUT2D eigenvalue weighted by Crippen LogP contribution is -2.42. The average Bonchev–Trinajstić information content (AvgIpc) is 2.39. The highest BCUT2D eigenvalue weighted by atomic mass is 16.3. The number of nitrogens with zero attached hydrogens (tertiary/aromatic N) is 1. The van der Waals surface area contributed by atoms with Crippen LogP contribution in [-0.2, 0) is 6.42 Å². The normalized spacial score (nSPS) is 19.9. The zero-order chi connectivity index (χ0) is 13.0. The number of likely N-dealkylation sites (tertiary alicyclic amines) is 1. The molecule has 1 fully saturated rings. The Hall–Kier alpha value is -1.39. The maximum absolute atomic E-state index is 12.2. The number of aliphatic hydroxyl groups is 1. The fourth-order valence-corrected chi connectivity index (χ4v) is 2.30. The Morgan fingerprint density at radius 3 is 2.72 bits per heavy atom. The standard InChI is InChI=1S/C14H20N2O2/c15-8-7-11-3-5-12(6-4-11)14(18)16-9-1-2-13(17)10-16/h3-6,13,17H,1-2,7-10,15H2/t13-/m0/s1. The molecule has 0 saturated carbocycles. The molecule has 1 aliphatic heterocycles. The molecule has 3 N–H and O–H groups in total. The van der Waals surface area contributed by atoms with Gasteiger partial charge in [0.15, 0.2) is 0 Å². The van der Waals surface area contributed by atoms with E-state index in [-0.39, 0.29) is 12.0 Å². The Kier molecular flexibility index (Phi) is 4.33. The molecule has 2 rings (SSSR count). The first-order valence-corrected chi connectivity index (χ1v) is 6.47. The third kappa shape index (κ3) is 3.09. The zero-order valence-corrected chi connectivity index (χ0v) is 10.5. The van der Waals surface area contributed by atoms with Crippen molar-refractivity contribution in [1.29, 1.82) is 0 Å². The highest BCUT2D eigenvalue weighted by molar-refractivity contribution is 5.94. The van der Waals surface area contributed by atoms with E-state index in [0.29, 0.717) is 18.7 Å². The third-order valence-corrected chi connectivity index (χ3v) is 3.32. The number of hydrogen-bond donors (Lipinski definition) is 2. The monoisotopic (exact) mass is 248 g/mol. The summed E-state index contributed by atoms with van der Waals surface area (Å²) in [4.78, 5) is 13.9. The number of carbonyl (C=O) groups excluding carboxylic acids is 1. The molecule has 1 heterocycles. The Bertz CT molecular complexity index is 403. The Labute approximate surface area is 107 Å². The van der Waals surface area contributed by atoms with Crippen LogP contribution in [0.25, 0.3) is 0 Å². The van der Waals surface area contributed by atoms with Gasteiger partial charge in [-0.15, -0.1) is 0 Å². The number of amides is 1. The molecule has 98 valence electrons. The van der Waals surface area contributed by atoms with Gasteiger partial charge in [-0.05, 0) is 43.5 Å². The van der Waals surface area contributed by atoms with E-state index >= 15 is 0 Å². The SMILES string of the molecule is NCCc1ccc(C(=O)N2CCC[C@H](O)C2)cc1. The van der Waals surface area contributed by atoms with Gasteiger partial charge in [-0.2, -0.15) is 0 Å². The lowest BCUT2D eigenvalue weighted by molar-refractivity contribution is 0.0474. The Morgan fingerprint density at radius 2 is 2.11 bits per heavy atom. The minimum atomic E-state index is -0.376. The van der Waals surface area contributed by atoms with Crippen LogP contribution in [-0.4, -0.2) is 41.7 Å². The summed E-state index contributed by atoms with van der Waals surface area (Å²) in [5.41, 5.74) is 7.32. The molecule has 0 bridgehead atoms. The summed E-state index contributed by atoms with van der Waals surface area (Å²) in [6.07, 6.45) is 2.12. The van der Waals surface area contributed by atoms with Crippen LogP contribution in [0, 0.1) is 0 Å². The number of nitrogens with two attached hydrogens (primary N) is 1. The minimum Gasteiger partial charge on any atom is -0.391 e. The first-order chi connectivity index (χ1) is 8.70. The lowest BCUT2D eigenvalue weighted by atomic mass is 10.1. The van der Waals surface area contributed by atoms with Crippen molar-refractivity contribution in [1.82, 2.24) is 4.90 Å². The summed E-state index contributed by atoms with van der Waals surface area (Å²) in [5, 5.41) is 9.58. The van der Waals surface area contributed by atoms with Gasteiger partial charge in [0.25, 0.3) is 5.91 Å². The van der Waals surface area contributed by atoms with Gasteiger partial charge in [0.1, 0.15) is 0 Å². The number of aliphatic hydroxyl groups excluding tert-OH is 1. The molecule has 18 heavy (non-hydrogen) atoms. The quantitative estimate of drug-likeness (QED) is 0.831. The smallest absolute Gasteiger partial charge is 0.253 e. The van der Waals surface area contributed by atoms with E-state index in [1.165, 1.54) is 0 Å². The molecule has 1 aliphatic rings. The molecule has 0 aliphatic carbocycles. The van der Waals surface area contributed by atoms with Crippen LogP contribution < -0.4 is 5.73 Å². The summed E-state index contributed by atoms with van der Waals surface area (Å²) in [6.45, 7) is 1.80. The highest BCUT2D eigenvalue weighted by Gasteiger charge is 2.22. The number of piperidine rings is 1. The topological polar surface area (TPSA) is 66.6 Å². The number of rotatable bonds is 3.